The lowest BCUT2D eigenvalue weighted by atomic mass is 9.98. The van der Waals surface area contributed by atoms with Gasteiger partial charge in [-0.3, -0.25) is 9.59 Å². The van der Waals surface area contributed by atoms with Crippen molar-refractivity contribution in [2.75, 3.05) is 0 Å². The van der Waals surface area contributed by atoms with E-state index in [-0.39, 0.29) is 17.2 Å². The van der Waals surface area contributed by atoms with Gasteiger partial charge in [0, 0.05) is 11.8 Å². The second-order valence-corrected chi connectivity index (χ2v) is 7.13. The van der Waals surface area contributed by atoms with E-state index in [0.717, 1.165) is 24.2 Å². The number of pyridine rings is 1. The molecule has 0 amide bonds. The van der Waals surface area contributed by atoms with Gasteiger partial charge in [0.2, 0.25) is 0 Å². The maximum Gasteiger partial charge on any atom is 0.422 e. The van der Waals surface area contributed by atoms with Crippen LogP contribution in [-0.2, 0) is 11.3 Å². The fourth-order valence-electron chi connectivity index (χ4n) is 3.57. The zero-order valence-electron chi connectivity index (χ0n) is 15.7. The van der Waals surface area contributed by atoms with Crippen molar-refractivity contribution in [2.24, 2.45) is 0 Å². The maximum absolute atomic E-state index is 12.3. The van der Waals surface area contributed by atoms with E-state index in [9.17, 15) is 14.4 Å². The summed E-state index contributed by atoms with van der Waals surface area (Å²) in [5.74, 6) is -1.54. The minimum atomic E-state index is -1.31. The van der Waals surface area contributed by atoms with Crippen LogP contribution < -0.4 is 16.1 Å². The maximum atomic E-state index is 12.3. The van der Waals surface area contributed by atoms with E-state index in [1.165, 1.54) is 25.5 Å². The molecule has 1 aliphatic rings. The number of nitrogens with zero attached hydrogens (tertiary/aromatic N) is 2. The zero-order chi connectivity index (χ0) is 20.4. The van der Waals surface area contributed by atoms with Gasteiger partial charge >= 0.3 is 11.7 Å². The number of ether oxygens (including phenoxy) is 1. The number of carbonyl (C=O) groups is 1. The molecule has 2 aromatic heterocycles. The average molecular weight is 396 g/mol. The number of fused-ring (bicyclic) bond motifs is 1. The molecule has 0 radical (unpaired) electrons. The fraction of sp³-hybridized carbons (Fsp3) is 0.333. The Morgan fingerprint density at radius 3 is 2.55 bits per heavy atom. The molecule has 1 fully saturated rings. The highest BCUT2D eigenvalue weighted by Crippen LogP contribution is 2.27. The van der Waals surface area contributed by atoms with Crippen LogP contribution in [0.4, 0.5) is 0 Å². The third kappa shape index (κ3) is 4.06. The Kier molecular flexibility index (Phi) is 5.16. The molecule has 0 saturated heterocycles. The van der Waals surface area contributed by atoms with Crippen molar-refractivity contribution in [1.82, 2.24) is 9.55 Å². The quantitative estimate of drug-likeness (QED) is 0.706. The van der Waals surface area contributed by atoms with Gasteiger partial charge in [0.15, 0.2) is 11.1 Å². The highest BCUT2D eigenvalue weighted by Gasteiger charge is 2.16. The summed E-state index contributed by atoms with van der Waals surface area (Å²) in [5, 5.41) is 8.84. The summed E-state index contributed by atoms with van der Waals surface area (Å²) in [7, 11) is 0. The highest BCUT2D eigenvalue weighted by atomic mass is 16.5. The van der Waals surface area contributed by atoms with Gasteiger partial charge in [0.1, 0.15) is 12.3 Å². The van der Waals surface area contributed by atoms with E-state index in [2.05, 4.69) is 4.98 Å². The van der Waals surface area contributed by atoms with Crippen molar-refractivity contribution in [3.05, 3.63) is 57.4 Å². The van der Waals surface area contributed by atoms with Crippen molar-refractivity contribution >= 4 is 17.1 Å². The lowest BCUT2D eigenvalue weighted by molar-refractivity contribution is -0.137. The van der Waals surface area contributed by atoms with E-state index in [1.807, 2.05) is 24.3 Å². The van der Waals surface area contributed by atoms with Crippen LogP contribution in [0.3, 0.4) is 0 Å². The number of aliphatic carboxylic acids is 1. The Labute approximate surface area is 165 Å². The van der Waals surface area contributed by atoms with E-state index < -0.39 is 23.8 Å². The van der Waals surface area contributed by atoms with Crippen LogP contribution in [0.2, 0.25) is 0 Å². The lowest BCUT2D eigenvalue weighted by Crippen LogP contribution is -2.35. The molecule has 3 aromatic rings. The number of benzene rings is 1. The summed E-state index contributed by atoms with van der Waals surface area (Å²) in [6.07, 6.45) is 7.58. The second kappa shape index (κ2) is 7.90. The molecule has 8 heteroatoms. The summed E-state index contributed by atoms with van der Waals surface area (Å²) in [5.41, 5.74) is 0.628. The molecule has 2 heterocycles. The van der Waals surface area contributed by atoms with Gasteiger partial charge in [-0.2, -0.15) is 0 Å². The summed E-state index contributed by atoms with van der Waals surface area (Å²) in [6.45, 7) is -0.775. The topological polar surface area (TPSA) is 112 Å². The predicted molar refractivity (Wildman–Crippen MR) is 105 cm³/mol. The van der Waals surface area contributed by atoms with Gasteiger partial charge in [-0.05, 0) is 49.4 Å². The molecule has 0 atom stereocenters. The predicted octanol–water partition coefficient (Wildman–Crippen LogP) is 2.81. The van der Waals surface area contributed by atoms with Gasteiger partial charge < -0.3 is 14.3 Å². The Bertz CT molecular complexity index is 1160. The van der Waals surface area contributed by atoms with Crippen LogP contribution in [0.5, 0.6) is 5.75 Å². The van der Waals surface area contributed by atoms with Crippen LogP contribution in [0.25, 0.3) is 22.2 Å². The Balaban J connectivity index is 1.61. The molecule has 0 bridgehead atoms. The minimum Gasteiger partial charge on any atom is -0.490 e. The summed E-state index contributed by atoms with van der Waals surface area (Å²) in [4.78, 5) is 39.2. The molecular formula is C21H20N2O6. The van der Waals surface area contributed by atoms with Gasteiger partial charge in [0.05, 0.1) is 6.10 Å². The summed E-state index contributed by atoms with van der Waals surface area (Å²) >= 11 is 0. The number of rotatable bonds is 5. The molecule has 1 N–H and O–H groups in total. The van der Waals surface area contributed by atoms with Crippen LogP contribution >= 0.6 is 0 Å². The van der Waals surface area contributed by atoms with E-state index >= 15 is 0 Å². The van der Waals surface area contributed by atoms with E-state index in [0.29, 0.717) is 10.1 Å². The van der Waals surface area contributed by atoms with Crippen LogP contribution in [-0.4, -0.2) is 26.7 Å². The smallest absolute Gasteiger partial charge is 0.422 e. The molecule has 1 aliphatic carbocycles. The zero-order valence-corrected chi connectivity index (χ0v) is 15.7. The first-order valence-electron chi connectivity index (χ1n) is 9.54. The third-order valence-corrected chi connectivity index (χ3v) is 5.05. The van der Waals surface area contributed by atoms with Gasteiger partial charge in [-0.1, -0.05) is 18.6 Å². The third-order valence-electron chi connectivity index (χ3n) is 5.05. The Hall–Kier alpha value is -3.42. The van der Waals surface area contributed by atoms with Crippen molar-refractivity contribution < 1.29 is 19.1 Å². The second-order valence-electron chi connectivity index (χ2n) is 7.13. The molecule has 4 rings (SSSR count). The molecule has 1 saturated carbocycles. The number of aromatic nitrogens is 2. The van der Waals surface area contributed by atoms with Crippen LogP contribution in [0, 0.1) is 0 Å². The van der Waals surface area contributed by atoms with E-state index in [4.69, 9.17) is 14.3 Å². The van der Waals surface area contributed by atoms with Crippen molar-refractivity contribution in [3.8, 4) is 16.9 Å². The van der Waals surface area contributed by atoms with E-state index in [1.54, 1.807) is 6.07 Å². The monoisotopic (exact) mass is 396 g/mol. The fourth-order valence-corrected chi connectivity index (χ4v) is 3.57. The Morgan fingerprint density at radius 1 is 1.14 bits per heavy atom. The number of hydrogen-bond acceptors (Lipinski definition) is 6. The van der Waals surface area contributed by atoms with Gasteiger partial charge in [-0.15, -0.1) is 0 Å². The van der Waals surface area contributed by atoms with Crippen molar-refractivity contribution in [1.29, 1.82) is 0 Å². The largest absolute Gasteiger partial charge is 0.490 e. The standard InChI is InChI=1S/C21H20N2O6/c24-18(25)12-23-20(26)19-17(29-21(23)27)10-14(11-22-19)13-6-8-16(9-7-13)28-15-4-2-1-3-5-15/h6-11,15H,1-5,12H2,(H,24,25). The number of hydrogen-bond donors (Lipinski definition) is 1. The first-order valence-corrected chi connectivity index (χ1v) is 9.54. The molecule has 8 nitrogen and oxygen atoms in total. The normalized spacial score (nSPS) is 14.8. The SMILES string of the molecule is O=C(O)Cn1c(=O)oc2cc(-c3ccc(OC4CCCCC4)cc3)cnc2c1=O. The number of carboxylic acids is 1. The van der Waals surface area contributed by atoms with Gasteiger partial charge in [0.25, 0.3) is 5.56 Å². The Morgan fingerprint density at radius 2 is 1.86 bits per heavy atom. The van der Waals surface area contributed by atoms with Crippen molar-refractivity contribution in [2.45, 2.75) is 44.8 Å². The first kappa shape index (κ1) is 18.9. The molecular weight excluding hydrogens is 376 g/mol. The molecule has 29 heavy (non-hydrogen) atoms. The summed E-state index contributed by atoms with van der Waals surface area (Å²) < 4.78 is 11.7. The molecule has 0 aliphatic heterocycles. The highest BCUT2D eigenvalue weighted by molar-refractivity contribution is 5.78. The average Bonchev–Trinajstić information content (AvgIpc) is 2.72. The minimum absolute atomic E-state index is 0.0154. The number of carboxylic acid groups (broad SMARTS) is 1. The first-order chi connectivity index (χ1) is 14.0. The summed E-state index contributed by atoms with van der Waals surface area (Å²) in [6, 6.07) is 9.08. The lowest BCUT2D eigenvalue weighted by Gasteiger charge is -2.23. The molecule has 0 spiro atoms. The van der Waals surface area contributed by atoms with Crippen molar-refractivity contribution in [3.63, 3.8) is 0 Å². The molecule has 0 unspecified atom stereocenters. The molecule has 1 aromatic carbocycles. The van der Waals surface area contributed by atoms with Gasteiger partial charge in [-0.25, -0.2) is 14.3 Å². The van der Waals surface area contributed by atoms with Crippen LogP contribution in [0.1, 0.15) is 32.1 Å². The molecule has 150 valence electrons. The van der Waals surface area contributed by atoms with Crippen LogP contribution in [0.15, 0.2) is 50.5 Å².